The maximum Gasteiger partial charge on any atom is 0.256 e. The fraction of sp³-hybridized carbons (Fsp3) is 0.400. The van der Waals surface area contributed by atoms with Crippen molar-refractivity contribution in [2.45, 2.75) is 26.7 Å². The lowest BCUT2D eigenvalue weighted by molar-refractivity contribution is 0.787. The standard InChI is InChI=1S/C10H14N4O/c1-5(2)7-4-8-12-10(15)6(3)9(11)14(8)13-7/h4-5H,11H2,1-3H3,(H,12,15). The van der Waals surface area contributed by atoms with Gasteiger partial charge in [0.1, 0.15) is 11.5 Å². The summed E-state index contributed by atoms with van der Waals surface area (Å²) < 4.78 is 1.58. The molecule has 0 radical (unpaired) electrons. The molecule has 0 aromatic carbocycles. The molecule has 0 saturated heterocycles. The van der Waals surface area contributed by atoms with Crippen LogP contribution in [0.4, 0.5) is 5.82 Å². The third kappa shape index (κ3) is 1.40. The number of nitrogens with two attached hydrogens (primary N) is 1. The summed E-state index contributed by atoms with van der Waals surface area (Å²) in [4.78, 5) is 14.2. The van der Waals surface area contributed by atoms with Crippen molar-refractivity contribution in [3.63, 3.8) is 0 Å². The van der Waals surface area contributed by atoms with Gasteiger partial charge in [-0.1, -0.05) is 13.8 Å². The van der Waals surface area contributed by atoms with E-state index in [0.717, 1.165) is 5.69 Å². The van der Waals surface area contributed by atoms with Crippen LogP contribution in [0.2, 0.25) is 0 Å². The monoisotopic (exact) mass is 206 g/mol. The van der Waals surface area contributed by atoms with Crippen molar-refractivity contribution in [3.8, 4) is 0 Å². The van der Waals surface area contributed by atoms with E-state index in [1.807, 2.05) is 19.9 Å². The van der Waals surface area contributed by atoms with Crippen LogP contribution in [0.25, 0.3) is 5.65 Å². The highest BCUT2D eigenvalue weighted by molar-refractivity contribution is 5.50. The molecular formula is C10H14N4O. The summed E-state index contributed by atoms with van der Waals surface area (Å²) >= 11 is 0. The Morgan fingerprint density at radius 2 is 2.20 bits per heavy atom. The van der Waals surface area contributed by atoms with Crippen molar-refractivity contribution in [2.24, 2.45) is 0 Å². The molecule has 5 heteroatoms. The van der Waals surface area contributed by atoms with Gasteiger partial charge in [0.05, 0.1) is 11.3 Å². The smallest absolute Gasteiger partial charge is 0.256 e. The van der Waals surface area contributed by atoms with Gasteiger partial charge in [0.25, 0.3) is 5.56 Å². The first-order valence-corrected chi connectivity index (χ1v) is 4.88. The lowest BCUT2D eigenvalue weighted by atomic mass is 10.1. The number of H-pyrrole nitrogens is 1. The van der Waals surface area contributed by atoms with Crippen molar-refractivity contribution in [1.82, 2.24) is 14.6 Å². The molecule has 0 atom stereocenters. The predicted molar refractivity (Wildman–Crippen MR) is 59.1 cm³/mol. The van der Waals surface area contributed by atoms with Gasteiger partial charge >= 0.3 is 0 Å². The topological polar surface area (TPSA) is 76.2 Å². The summed E-state index contributed by atoms with van der Waals surface area (Å²) in [5.74, 6) is 0.716. The molecule has 2 heterocycles. The van der Waals surface area contributed by atoms with E-state index in [2.05, 4.69) is 10.1 Å². The highest BCUT2D eigenvalue weighted by Gasteiger charge is 2.10. The van der Waals surface area contributed by atoms with Gasteiger partial charge in [-0.3, -0.25) is 4.79 Å². The number of hydrogen-bond donors (Lipinski definition) is 2. The fourth-order valence-corrected chi connectivity index (χ4v) is 1.44. The minimum absolute atomic E-state index is 0.157. The summed E-state index contributed by atoms with van der Waals surface area (Å²) in [6.07, 6.45) is 0. The van der Waals surface area contributed by atoms with E-state index in [4.69, 9.17) is 5.73 Å². The van der Waals surface area contributed by atoms with Crippen molar-refractivity contribution in [3.05, 3.63) is 27.7 Å². The zero-order chi connectivity index (χ0) is 11.2. The zero-order valence-corrected chi connectivity index (χ0v) is 9.03. The van der Waals surface area contributed by atoms with Gasteiger partial charge in [0.15, 0.2) is 0 Å². The van der Waals surface area contributed by atoms with Crippen molar-refractivity contribution in [1.29, 1.82) is 0 Å². The van der Waals surface area contributed by atoms with Crippen LogP contribution in [-0.2, 0) is 0 Å². The van der Waals surface area contributed by atoms with Gasteiger partial charge in [0.2, 0.25) is 0 Å². The molecule has 0 spiro atoms. The Morgan fingerprint density at radius 1 is 1.53 bits per heavy atom. The number of aromatic nitrogens is 3. The third-order valence-electron chi connectivity index (χ3n) is 2.51. The molecule has 80 valence electrons. The Bertz CT molecular complexity index is 565. The zero-order valence-electron chi connectivity index (χ0n) is 9.03. The van der Waals surface area contributed by atoms with Gasteiger partial charge < -0.3 is 10.7 Å². The second kappa shape index (κ2) is 3.12. The number of nitrogens with one attached hydrogen (secondary N) is 1. The molecule has 2 rings (SSSR count). The average Bonchev–Trinajstić information content (AvgIpc) is 2.58. The number of anilines is 1. The van der Waals surface area contributed by atoms with Gasteiger partial charge in [-0.15, -0.1) is 0 Å². The number of nitrogens with zero attached hydrogens (tertiary/aromatic N) is 2. The first-order chi connectivity index (χ1) is 7.00. The quantitative estimate of drug-likeness (QED) is 0.731. The molecule has 2 aromatic rings. The van der Waals surface area contributed by atoms with Crippen molar-refractivity contribution in [2.75, 3.05) is 5.73 Å². The summed E-state index contributed by atoms with van der Waals surface area (Å²) in [6.45, 7) is 5.77. The Morgan fingerprint density at radius 3 is 2.80 bits per heavy atom. The van der Waals surface area contributed by atoms with Crippen LogP contribution in [0.15, 0.2) is 10.9 Å². The number of hydrogen-bond acceptors (Lipinski definition) is 3. The maximum atomic E-state index is 11.5. The predicted octanol–water partition coefficient (Wildman–Crippen LogP) is 1.04. The summed E-state index contributed by atoms with van der Waals surface area (Å²) in [5.41, 5.74) is 7.72. The van der Waals surface area contributed by atoms with Gasteiger partial charge in [-0.05, 0) is 12.8 Å². The van der Waals surface area contributed by atoms with E-state index in [1.165, 1.54) is 0 Å². The van der Waals surface area contributed by atoms with Gasteiger partial charge in [-0.2, -0.15) is 5.10 Å². The second-order valence-electron chi connectivity index (χ2n) is 3.99. The Hall–Kier alpha value is -1.78. The molecule has 3 N–H and O–H groups in total. The van der Waals surface area contributed by atoms with Crippen LogP contribution >= 0.6 is 0 Å². The molecule has 2 aromatic heterocycles. The summed E-state index contributed by atoms with van der Waals surface area (Å²) in [7, 11) is 0. The van der Waals surface area contributed by atoms with E-state index < -0.39 is 0 Å². The third-order valence-corrected chi connectivity index (χ3v) is 2.51. The molecule has 0 unspecified atom stereocenters. The highest BCUT2D eigenvalue weighted by Crippen LogP contribution is 2.16. The van der Waals surface area contributed by atoms with E-state index in [1.54, 1.807) is 11.4 Å². The molecule has 0 saturated carbocycles. The molecule has 0 aliphatic carbocycles. The molecular weight excluding hydrogens is 192 g/mol. The Kier molecular flexibility index (Phi) is 2.03. The second-order valence-corrected chi connectivity index (χ2v) is 3.99. The van der Waals surface area contributed by atoms with Crippen LogP contribution in [0, 0.1) is 6.92 Å². The molecule has 0 aliphatic heterocycles. The van der Waals surface area contributed by atoms with Crippen LogP contribution in [-0.4, -0.2) is 14.6 Å². The van der Waals surface area contributed by atoms with Crippen molar-refractivity contribution < 1.29 is 0 Å². The number of rotatable bonds is 1. The molecule has 5 nitrogen and oxygen atoms in total. The summed E-state index contributed by atoms with van der Waals surface area (Å²) in [6, 6.07) is 1.85. The largest absolute Gasteiger partial charge is 0.383 e. The molecule has 0 fully saturated rings. The van der Waals surface area contributed by atoms with Crippen LogP contribution in [0.3, 0.4) is 0 Å². The number of fused-ring (bicyclic) bond motifs is 1. The average molecular weight is 206 g/mol. The molecule has 0 aliphatic rings. The van der Waals surface area contributed by atoms with Gasteiger partial charge in [0, 0.05) is 6.07 Å². The fourth-order valence-electron chi connectivity index (χ4n) is 1.44. The minimum Gasteiger partial charge on any atom is -0.383 e. The summed E-state index contributed by atoms with van der Waals surface area (Å²) in [5, 5.41) is 4.34. The van der Waals surface area contributed by atoms with Crippen molar-refractivity contribution >= 4 is 11.5 Å². The highest BCUT2D eigenvalue weighted by atomic mass is 16.1. The SMILES string of the molecule is Cc1c(N)n2nc(C(C)C)cc2[nH]c1=O. The van der Waals surface area contributed by atoms with E-state index in [-0.39, 0.29) is 5.56 Å². The lowest BCUT2D eigenvalue weighted by Gasteiger charge is -2.01. The Labute approximate surface area is 86.9 Å². The molecule has 0 amide bonds. The Balaban J connectivity index is 2.82. The van der Waals surface area contributed by atoms with Gasteiger partial charge in [-0.25, -0.2) is 4.52 Å². The van der Waals surface area contributed by atoms with E-state index >= 15 is 0 Å². The number of nitrogen functional groups attached to an aromatic ring is 1. The maximum absolute atomic E-state index is 11.5. The minimum atomic E-state index is -0.157. The van der Waals surface area contributed by atoms with E-state index in [9.17, 15) is 4.79 Å². The molecule has 15 heavy (non-hydrogen) atoms. The molecule has 0 bridgehead atoms. The first kappa shape index (κ1) is 9.76. The normalized spacial score (nSPS) is 11.5. The number of aromatic amines is 1. The van der Waals surface area contributed by atoms with E-state index in [0.29, 0.717) is 22.9 Å². The van der Waals surface area contributed by atoms with Crippen LogP contribution in [0.5, 0.6) is 0 Å². The first-order valence-electron chi connectivity index (χ1n) is 4.88. The lowest BCUT2D eigenvalue weighted by Crippen LogP contribution is -2.16. The van der Waals surface area contributed by atoms with Crippen LogP contribution < -0.4 is 11.3 Å². The van der Waals surface area contributed by atoms with Crippen LogP contribution in [0.1, 0.15) is 31.0 Å².